The Morgan fingerprint density at radius 1 is 1.09 bits per heavy atom. The molecule has 178 valence electrons. The largest absolute Gasteiger partial charge is 0.493 e. The number of aryl methyl sites for hydroxylation is 1. The van der Waals surface area contributed by atoms with Crippen LogP contribution in [0.15, 0.2) is 42.5 Å². The summed E-state index contributed by atoms with van der Waals surface area (Å²) in [6.45, 7) is 2.06. The Hall–Kier alpha value is -3.32. The lowest BCUT2D eigenvalue weighted by atomic mass is 9.90. The third kappa shape index (κ3) is 4.16. The molecule has 2 heterocycles. The first-order valence-corrected chi connectivity index (χ1v) is 11.9. The average Bonchev–Trinajstić information content (AvgIpc) is 3.21. The van der Waals surface area contributed by atoms with Crippen LogP contribution in [0.2, 0.25) is 0 Å². The summed E-state index contributed by atoms with van der Waals surface area (Å²) >= 11 is 0. The van der Waals surface area contributed by atoms with Crippen LogP contribution >= 0.6 is 0 Å². The SMILES string of the molecule is COc1cccc(CNC2CCc3c(c(C(=O)N4CCc5ccccc5C4)nn3C)C2)c1OC. The lowest BCUT2D eigenvalue weighted by Crippen LogP contribution is -2.38. The van der Waals surface area contributed by atoms with Gasteiger partial charge in [0.15, 0.2) is 17.2 Å². The summed E-state index contributed by atoms with van der Waals surface area (Å²) in [4.78, 5) is 15.5. The molecule has 0 fully saturated rings. The van der Waals surface area contributed by atoms with Gasteiger partial charge in [-0.05, 0) is 42.9 Å². The molecule has 34 heavy (non-hydrogen) atoms. The molecule has 1 aliphatic carbocycles. The van der Waals surface area contributed by atoms with Crippen LogP contribution in [0.3, 0.4) is 0 Å². The predicted octanol–water partition coefficient (Wildman–Crippen LogP) is 3.28. The molecule has 1 atom stereocenters. The van der Waals surface area contributed by atoms with E-state index in [1.54, 1.807) is 14.2 Å². The molecule has 0 spiro atoms. The molecule has 0 radical (unpaired) electrons. The molecule has 1 amide bonds. The van der Waals surface area contributed by atoms with Crippen LogP contribution in [0, 0.1) is 0 Å². The van der Waals surface area contributed by atoms with Crippen LogP contribution in [0.4, 0.5) is 0 Å². The Morgan fingerprint density at radius 3 is 2.71 bits per heavy atom. The van der Waals surface area contributed by atoms with Crippen molar-refractivity contribution in [2.75, 3.05) is 20.8 Å². The molecule has 1 aromatic heterocycles. The number of carbonyl (C=O) groups excluding carboxylic acids is 1. The van der Waals surface area contributed by atoms with Gasteiger partial charge in [-0.2, -0.15) is 5.10 Å². The van der Waals surface area contributed by atoms with Crippen molar-refractivity contribution in [3.8, 4) is 11.5 Å². The lowest BCUT2D eigenvalue weighted by molar-refractivity contribution is 0.0726. The van der Waals surface area contributed by atoms with E-state index >= 15 is 0 Å². The highest BCUT2D eigenvalue weighted by Crippen LogP contribution is 2.31. The van der Waals surface area contributed by atoms with E-state index < -0.39 is 0 Å². The van der Waals surface area contributed by atoms with E-state index in [1.165, 1.54) is 16.8 Å². The number of fused-ring (bicyclic) bond motifs is 2. The average molecular weight is 461 g/mol. The molecule has 1 aliphatic heterocycles. The van der Waals surface area contributed by atoms with Crippen molar-refractivity contribution >= 4 is 5.91 Å². The summed E-state index contributed by atoms with van der Waals surface area (Å²) in [6, 6.07) is 14.6. The summed E-state index contributed by atoms with van der Waals surface area (Å²) in [6.07, 6.45) is 3.59. The fourth-order valence-corrected chi connectivity index (χ4v) is 5.30. The van der Waals surface area contributed by atoms with Crippen LogP contribution < -0.4 is 14.8 Å². The third-order valence-corrected chi connectivity index (χ3v) is 7.14. The number of carbonyl (C=O) groups is 1. The Kier molecular flexibility index (Phi) is 6.28. The minimum Gasteiger partial charge on any atom is -0.493 e. The van der Waals surface area contributed by atoms with Gasteiger partial charge in [0, 0.05) is 49.5 Å². The number of aromatic nitrogens is 2. The number of hydrogen-bond acceptors (Lipinski definition) is 5. The third-order valence-electron chi connectivity index (χ3n) is 7.14. The lowest BCUT2D eigenvalue weighted by Gasteiger charge is -2.29. The van der Waals surface area contributed by atoms with Crippen LogP contribution in [0.1, 0.15) is 44.9 Å². The molecule has 1 unspecified atom stereocenters. The molecule has 7 nitrogen and oxygen atoms in total. The van der Waals surface area contributed by atoms with Gasteiger partial charge in [-0.1, -0.05) is 36.4 Å². The van der Waals surface area contributed by atoms with E-state index in [0.717, 1.165) is 54.9 Å². The van der Waals surface area contributed by atoms with Gasteiger partial charge >= 0.3 is 0 Å². The van der Waals surface area contributed by atoms with E-state index in [0.29, 0.717) is 18.8 Å². The van der Waals surface area contributed by atoms with Crippen molar-refractivity contribution in [2.45, 2.75) is 44.8 Å². The van der Waals surface area contributed by atoms with Gasteiger partial charge in [0.05, 0.1) is 14.2 Å². The van der Waals surface area contributed by atoms with E-state index in [1.807, 2.05) is 34.8 Å². The van der Waals surface area contributed by atoms with E-state index in [4.69, 9.17) is 9.47 Å². The van der Waals surface area contributed by atoms with Crippen molar-refractivity contribution in [3.05, 3.63) is 76.1 Å². The second kappa shape index (κ2) is 9.50. The quantitative estimate of drug-likeness (QED) is 0.612. The van der Waals surface area contributed by atoms with Crippen molar-refractivity contribution < 1.29 is 14.3 Å². The molecule has 5 rings (SSSR count). The van der Waals surface area contributed by atoms with Gasteiger partial charge in [0.1, 0.15) is 0 Å². The van der Waals surface area contributed by atoms with Crippen molar-refractivity contribution in [3.63, 3.8) is 0 Å². The van der Waals surface area contributed by atoms with E-state index in [2.05, 4.69) is 34.7 Å². The summed E-state index contributed by atoms with van der Waals surface area (Å²) in [5.74, 6) is 1.54. The monoisotopic (exact) mass is 460 g/mol. The summed E-state index contributed by atoms with van der Waals surface area (Å²) in [5.41, 5.74) is 6.51. The maximum Gasteiger partial charge on any atom is 0.274 e. The number of ether oxygens (including phenoxy) is 2. The molecule has 3 aromatic rings. The smallest absolute Gasteiger partial charge is 0.274 e. The summed E-state index contributed by atoms with van der Waals surface area (Å²) in [7, 11) is 5.27. The van der Waals surface area contributed by atoms with Gasteiger partial charge in [0.2, 0.25) is 0 Å². The van der Waals surface area contributed by atoms with Crippen molar-refractivity contribution in [1.29, 1.82) is 0 Å². The second-order valence-corrected chi connectivity index (χ2v) is 9.12. The molecular formula is C27H32N4O3. The summed E-state index contributed by atoms with van der Waals surface area (Å²) in [5, 5.41) is 8.36. The zero-order chi connectivity index (χ0) is 23.7. The Balaban J connectivity index is 1.31. The Labute approximate surface area is 200 Å². The van der Waals surface area contributed by atoms with Gasteiger partial charge in [-0.3, -0.25) is 9.48 Å². The fourth-order valence-electron chi connectivity index (χ4n) is 5.30. The van der Waals surface area contributed by atoms with Gasteiger partial charge in [-0.15, -0.1) is 0 Å². The Bertz CT molecular complexity index is 1200. The maximum absolute atomic E-state index is 13.5. The predicted molar refractivity (Wildman–Crippen MR) is 130 cm³/mol. The number of methoxy groups -OCH3 is 2. The zero-order valence-electron chi connectivity index (χ0n) is 20.1. The molecule has 2 aliphatic rings. The van der Waals surface area contributed by atoms with E-state index in [-0.39, 0.29) is 11.9 Å². The normalized spacial score (nSPS) is 17.1. The molecular weight excluding hydrogens is 428 g/mol. The minimum absolute atomic E-state index is 0.0430. The van der Waals surface area contributed by atoms with Gasteiger partial charge in [-0.25, -0.2) is 0 Å². The highest BCUT2D eigenvalue weighted by molar-refractivity contribution is 5.94. The van der Waals surface area contributed by atoms with Crippen LogP contribution in [-0.2, 0) is 39.4 Å². The number of rotatable bonds is 6. The standard InChI is InChI=1S/C27H32N4O3/c1-30-23-12-11-21(28-16-19-9-6-10-24(33-2)26(19)34-3)15-22(23)25(29-30)27(32)31-14-13-18-7-4-5-8-20(18)17-31/h4-10,21,28H,11-17H2,1-3H3. The zero-order valence-corrected chi connectivity index (χ0v) is 20.1. The maximum atomic E-state index is 13.5. The first kappa shape index (κ1) is 22.5. The number of nitrogens with zero attached hydrogens (tertiary/aromatic N) is 3. The van der Waals surface area contributed by atoms with Crippen molar-refractivity contribution in [2.24, 2.45) is 7.05 Å². The molecule has 2 aromatic carbocycles. The molecule has 0 saturated heterocycles. The van der Waals surface area contributed by atoms with Crippen LogP contribution in [-0.4, -0.2) is 47.4 Å². The topological polar surface area (TPSA) is 68.6 Å². The number of nitrogens with one attached hydrogen (secondary N) is 1. The fraction of sp³-hybridized carbons (Fsp3) is 0.407. The highest BCUT2D eigenvalue weighted by Gasteiger charge is 2.31. The number of benzene rings is 2. The van der Waals surface area contributed by atoms with Crippen molar-refractivity contribution in [1.82, 2.24) is 20.0 Å². The Morgan fingerprint density at radius 2 is 1.91 bits per heavy atom. The second-order valence-electron chi connectivity index (χ2n) is 9.12. The highest BCUT2D eigenvalue weighted by atomic mass is 16.5. The first-order valence-electron chi connectivity index (χ1n) is 11.9. The minimum atomic E-state index is 0.0430. The first-order chi connectivity index (χ1) is 16.6. The number of hydrogen-bond donors (Lipinski definition) is 1. The summed E-state index contributed by atoms with van der Waals surface area (Å²) < 4.78 is 12.9. The molecule has 0 saturated carbocycles. The van der Waals surface area contributed by atoms with Crippen LogP contribution in [0.25, 0.3) is 0 Å². The molecule has 0 bridgehead atoms. The molecule has 7 heteroatoms. The molecule has 1 N–H and O–H groups in total. The van der Waals surface area contributed by atoms with Crippen LogP contribution in [0.5, 0.6) is 11.5 Å². The number of para-hydroxylation sites is 1. The van der Waals surface area contributed by atoms with Gasteiger partial charge in [0.25, 0.3) is 5.91 Å². The van der Waals surface area contributed by atoms with Gasteiger partial charge < -0.3 is 19.7 Å². The van der Waals surface area contributed by atoms with E-state index in [9.17, 15) is 4.79 Å². The number of amides is 1.